The van der Waals surface area contributed by atoms with E-state index in [1.54, 1.807) is 14.2 Å². The van der Waals surface area contributed by atoms with Gasteiger partial charge in [0.15, 0.2) is 16.6 Å². The highest BCUT2D eigenvalue weighted by molar-refractivity contribution is 7.14. The number of hydrogen-bond donors (Lipinski definition) is 2. The Balaban J connectivity index is 1.64. The van der Waals surface area contributed by atoms with E-state index >= 15 is 0 Å². The van der Waals surface area contributed by atoms with Gasteiger partial charge in [0.2, 0.25) is 0 Å². The van der Waals surface area contributed by atoms with Crippen molar-refractivity contribution in [2.24, 2.45) is 0 Å². The van der Waals surface area contributed by atoms with Gasteiger partial charge in [-0.15, -0.1) is 11.3 Å². The molecule has 0 unspecified atom stereocenters. The molecule has 2 N–H and O–H groups in total. The molecule has 6 nitrogen and oxygen atoms in total. The molecule has 0 saturated heterocycles. The Morgan fingerprint density at radius 3 is 2.38 bits per heavy atom. The van der Waals surface area contributed by atoms with Gasteiger partial charge in [0.25, 0.3) is 0 Å². The largest absolute Gasteiger partial charge is 0.493 e. The molecular formula is C22H25N3O3S. The first-order valence-electron chi connectivity index (χ1n) is 9.20. The standard InChI is InChI=1S/C22H25N3O3S/c1-13-8-14(2)20(15(3)9-13)17-12-29-22(24-17)25-21(26)23-11-16-6-7-18(27-4)19(10-16)28-5/h6-10,12H,11H2,1-5H3,(H2,23,24,25,26). The summed E-state index contributed by atoms with van der Waals surface area (Å²) in [4.78, 5) is 16.9. The number of amides is 2. The van der Waals surface area contributed by atoms with Crippen LogP contribution >= 0.6 is 11.3 Å². The SMILES string of the molecule is COc1ccc(CNC(=O)Nc2nc(-c3c(C)cc(C)cc3C)cs2)cc1OC. The van der Waals surface area contributed by atoms with Crippen LogP contribution in [0, 0.1) is 20.8 Å². The Morgan fingerprint density at radius 1 is 1.03 bits per heavy atom. The number of nitrogens with one attached hydrogen (secondary N) is 2. The molecule has 0 aliphatic heterocycles. The number of ether oxygens (including phenoxy) is 2. The fourth-order valence-corrected chi connectivity index (χ4v) is 4.04. The van der Waals surface area contributed by atoms with Crippen molar-refractivity contribution in [3.8, 4) is 22.8 Å². The molecule has 0 bridgehead atoms. The van der Waals surface area contributed by atoms with Crippen LogP contribution in [0.25, 0.3) is 11.3 Å². The monoisotopic (exact) mass is 411 g/mol. The van der Waals surface area contributed by atoms with Gasteiger partial charge in [0.05, 0.1) is 19.9 Å². The van der Waals surface area contributed by atoms with Crippen molar-refractivity contribution in [1.29, 1.82) is 0 Å². The first-order chi connectivity index (χ1) is 13.9. The lowest BCUT2D eigenvalue weighted by atomic mass is 9.98. The quantitative estimate of drug-likeness (QED) is 0.594. The lowest BCUT2D eigenvalue weighted by molar-refractivity contribution is 0.251. The third kappa shape index (κ3) is 4.86. The zero-order valence-corrected chi connectivity index (χ0v) is 18.1. The van der Waals surface area contributed by atoms with Crippen LogP contribution in [0.3, 0.4) is 0 Å². The highest BCUT2D eigenvalue weighted by Crippen LogP contribution is 2.31. The topological polar surface area (TPSA) is 72.5 Å². The number of methoxy groups -OCH3 is 2. The molecule has 0 radical (unpaired) electrons. The molecule has 1 heterocycles. The molecule has 1 aromatic heterocycles. The summed E-state index contributed by atoms with van der Waals surface area (Å²) < 4.78 is 10.5. The summed E-state index contributed by atoms with van der Waals surface area (Å²) in [6.45, 7) is 6.61. The summed E-state index contributed by atoms with van der Waals surface area (Å²) in [7, 11) is 3.17. The minimum atomic E-state index is -0.307. The summed E-state index contributed by atoms with van der Waals surface area (Å²) in [6.07, 6.45) is 0. The molecule has 7 heteroatoms. The number of aromatic nitrogens is 1. The Hall–Kier alpha value is -3.06. The molecule has 29 heavy (non-hydrogen) atoms. The van der Waals surface area contributed by atoms with E-state index < -0.39 is 0 Å². The summed E-state index contributed by atoms with van der Waals surface area (Å²) in [5.74, 6) is 1.28. The van der Waals surface area contributed by atoms with Crippen molar-refractivity contribution in [3.05, 3.63) is 58.0 Å². The van der Waals surface area contributed by atoms with Crippen LogP contribution in [-0.4, -0.2) is 25.2 Å². The molecule has 3 rings (SSSR count). The number of anilines is 1. The second-order valence-electron chi connectivity index (χ2n) is 6.81. The number of carbonyl (C=O) groups is 1. The molecule has 0 aliphatic carbocycles. The van der Waals surface area contributed by atoms with Crippen molar-refractivity contribution in [1.82, 2.24) is 10.3 Å². The number of nitrogens with zero attached hydrogens (tertiary/aromatic N) is 1. The number of benzene rings is 2. The third-order valence-corrected chi connectivity index (χ3v) is 5.32. The third-order valence-electron chi connectivity index (χ3n) is 4.56. The molecular weight excluding hydrogens is 386 g/mol. The Bertz CT molecular complexity index is 1010. The summed E-state index contributed by atoms with van der Waals surface area (Å²) in [5.41, 5.74) is 6.48. The Labute approximate surface area is 174 Å². The highest BCUT2D eigenvalue weighted by atomic mass is 32.1. The average molecular weight is 412 g/mol. The van der Waals surface area contributed by atoms with Crippen LogP contribution in [0.15, 0.2) is 35.7 Å². The van der Waals surface area contributed by atoms with Gasteiger partial charge >= 0.3 is 6.03 Å². The van der Waals surface area contributed by atoms with Crippen LogP contribution in [0.4, 0.5) is 9.93 Å². The predicted molar refractivity (Wildman–Crippen MR) is 117 cm³/mol. The maximum Gasteiger partial charge on any atom is 0.321 e. The fourth-order valence-electron chi connectivity index (χ4n) is 3.34. The van der Waals surface area contributed by atoms with Crippen LogP contribution in [0.5, 0.6) is 11.5 Å². The van der Waals surface area contributed by atoms with Gasteiger partial charge in [0, 0.05) is 17.5 Å². The molecule has 0 fully saturated rings. The van der Waals surface area contributed by atoms with E-state index in [2.05, 4.69) is 48.5 Å². The molecule has 2 amide bonds. The Kier molecular flexibility index (Phi) is 6.39. The zero-order chi connectivity index (χ0) is 21.0. The highest BCUT2D eigenvalue weighted by Gasteiger charge is 2.12. The van der Waals surface area contributed by atoms with E-state index in [0.29, 0.717) is 23.2 Å². The van der Waals surface area contributed by atoms with E-state index in [4.69, 9.17) is 9.47 Å². The minimum Gasteiger partial charge on any atom is -0.493 e. The normalized spacial score (nSPS) is 10.5. The minimum absolute atomic E-state index is 0.307. The van der Waals surface area contributed by atoms with Crippen LogP contribution in [0.1, 0.15) is 22.3 Å². The second-order valence-corrected chi connectivity index (χ2v) is 7.67. The molecule has 0 saturated carbocycles. The van der Waals surface area contributed by atoms with E-state index in [0.717, 1.165) is 16.8 Å². The van der Waals surface area contributed by atoms with E-state index in [1.807, 2.05) is 23.6 Å². The van der Waals surface area contributed by atoms with Crippen molar-refractivity contribution < 1.29 is 14.3 Å². The van der Waals surface area contributed by atoms with E-state index in [1.165, 1.54) is 28.0 Å². The smallest absolute Gasteiger partial charge is 0.321 e. The fraction of sp³-hybridized carbons (Fsp3) is 0.273. The number of thiazole rings is 1. The molecule has 0 aliphatic rings. The first-order valence-corrected chi connectivity index (χ1v) is 10.1. The van der Waals surface area contributed by atoms with Crippen molar-refractivity contribution in [2.45, 2.75) is 27.3 Å². The number of carbonyl (C=O) groups excluding carboxylic acids is 1. The van der Waals surface area contributed by atoms with Crippen molar-refractivity contribution in [3.63, 3.8) is 0 Å². The summed E-state index contributed by atoms with van der Waals surface area (Å²) in [6, 6.07) is 9.51. The van der Waals surface area contributed by atoms with Crippen molar-refractivity contribution >= 4 is 22.5 Å². The van der Waals surface area contributed by atoms with Gasteiger partial charge in [-0.25, -0.2) is 9.78 Å². The summed E-state index contributed by atoms with van der Waals surface area (Å²) in [5, 5.41) is 8.17. The molecule has 0 atom stereocenters. The zero-order valence-electron chi connectivity index (χ0n) is 17.3. The lowest BCUT2D eigenvalue weighted by Gasteiger charge is -2.10. The average Bonchev–Trinajstić information content (AvgIpc) is 3.13. The van der Waals surface area contributed by atoms with Crippen LogP contribution in [-0.2, 0) is 6.54 Å². The number of rotatable bonds is 6. The number of urea groups is 1. The molecule has 3 aromatic rings. The van der Waals surface area contributed by atoms with E-state index in [9.17, 15) is 4.79 Å². The second kappa shape index (κ2) is 8.96. The van der Waals surface area contributed by atoms with Crippen LogP contribution in [0.2, 0.25) is 0 Å². The van der Waals surface area contributed by atoms with Crippen molar-refractivity contribution in [2.75, 3.05) is 19.5 Å². The summed E-state index contributed by atoms with van der Waals surface area (Å²) >= 11 is 1.41. The maximum atomic E-state index is 12.3. The van der Waals surface area contributed by atoms with Gasteiger partial charge in [0.1, 0.15) is 0 Å². The van der Waals surface area contributed by atoms with Crippen LogP contribution < -0.4 is 20.1 Å². The first kappa shape index (κ1) is 20.7. The maximum absolute atomic E-state index is 12.3. The number of hydrogen-bond acceptors (Lipinski definition) is 5. The van der Waals surface area contributed by atoms with Gasteiger partial charge in [-0.05, 0) is 49.6 Å². The molecule has 2 aromatic carbocycles. The molecule has 0 spiro atoms. The lowest BCUT2D eigenvalue weighted by Crippen LogP contribution is -2.28. The van der Waals surface area contributed by atoms with Gasteiger partial charge in [-0.1, -0.05) is 23.8 Å². The van der Waals surface area contributed by atoms with E-state index in [-0.39, 0.29) is 6.03 Å². The predicted octanol–water partition coefficient (Wildman–Crippen LogP) is 5.07. The van der Waals surface area contributed by atoms with Gasteiger partial charge < -0.3 is 14.8 Å². The molecule has 152 valence electrons. The Morgan fingerprint density at radius 2 is 1.72 bits per heavy atom. The number of aryl methyl sites for hydroxylation is 3. The van der Waals surface area contributed by atoms with Gasteiger partial charge in [-0.2, -0.15) is 0 Å². The van der Waals surface area contributed by atoms with Gasteiger partial charge in [-0.3, -0.25) is 5.32 Å².